The van der Waals surface area contributed by atoms with Crippen molar-refractivity contribution in [2.24, 2.45) is 0 Å². The van der Waals surface area contributed by atoms with Gasteiger partial charge in [0.05, 0.1) is 19.1 Å². The molecule has 0 saturated carbocycles. The molecule has 3 rings (SSSR count). The second-order valence-electron chi connectivity index (χ2n) is 7.17. The lowest BCUT2D eigenvalue weighted by atomic mass is 10.1. The van der Waals surface area contributed by atoms with E-state index in [0.717, 1.165) is 51.4 Å². The molecule has 0 radical (unpaired) electrons. The number of aromatic nitrogens is 1. The third-order valence-corrected chi connectivity index (χ3v) is 5.05. The van der Waals surface area contributed by atoms with Crippen molar-refractivity contribution < 1.29 is 14.3 Å². The Labute approximate surface area is 150 Å². The zero-order valence-electron chi connectivity index (χ0n) is 15.3. The monoisotopic (exact) mass is 347 g/mol. The van der Waals surface area contributed by atoms with Gasteiger partial charge in [-0.05, 0) is 26.0 Å². The van der Waals surface area contributed by atoms with Crippen LogP contribution in [0, 0.1) is 0 Å². The van der Waals surface area contributed by atoms with Crippen LogP contribution in [0.4, 0.5) is 0 Å². The van der Waals surface area contributed by atoms with Gasteiger partial charge >= 0.3 is 0 Å². The molecule has 2 saturated heterocycles. The van der Waals surface area contributed by atoms with Crippen LogP contribution in [0.1, 0.15) is 33.1 Å². The van der Waals surface area contributed by atoms with Crippen molar-refractivity contribution in [3.8, 4) is 5.75 Å². The van der Waals surface area contributed by atoms with Crippen molar-refractivity contribution in [3.05, 3.63) is 24.5 Å². The number of ether oxygens (including phenoxy) is 2. The molecule has 6 nitrogen and oxygen atoms in total. The Bertz CT molecular complexity index is 544. The fourth-order valence-electron chi connectivity index (χ4n) is 3.49. The number of hydrogen-bond donors (Lipinski definition) is 0. The molecule has 0 unspecified atom stereocenters. The van der Waals surface area contributed by atoms with Crippen molar-refractivity contribution >= 4 is 5.91 Å². The minimum atomic E-state index is 0.0226. The van der Waals surface area contributed by atoms with E-state index in [1.54, 1.807) is 12.4 Å². The number of pyridine rings is 1. The molecule has 0 bridgehead atoms. The van der Waals surface area contributed by atoms with Crippen molar-refractivity contribution in [2.75, 3.05) is 32.8 Å². The highest BCUT2D eigenvalue weighted by atomic mass is 16.5. The summed E-state index contributed by atoms with van der Waals surface area (Å²) in [6.45, 7) is 8.43. The summed E-state index contributed by atoms with van der Waals surface area (Å²) < 4.78 is 11.8. The molecule has 0 aliphatic carbocycles. The number of carbonyl (C=O) groups excluding carboxylic acids is 1. The zero-order valence-corrected chi connectivity index (χ0v) is 15.3. The Morgan fingerprint density at radius 1 is 1.28 bits per heavy atom. The van der Waals surface area contributed by atoms with Gasteiger partial charge in [0.15, 0.2) is 0 Å². The number of piperidine rings is 1. The molecule has 138 valence electrons. The number of carbonyl (C=O) groups is 1. The molecule has 0 spiro atoms. The first kappa shape index (κ1) is 18.1. The van der Waals surface area contributed by atoms with E-state index in [2.05, 4.69) is 23.7 Å². The van der Waals surface area contributed by atoms with Gasteiger partial charge in [-0.2, -0.15) is 0 Å². The third-order valence-electron chi connectivity index (χ3n) is 5.05. The fourth-order valence-corrected chi connectivity index (χ4v) is 3.49. The molecule has 0 N–H and O–H groups in total. The minimum absolute atomic E-state index is 0.0226. The molecule has 25 heavy (non-hydrogen) atoms. The van der Waals surface area contributed by atoms with Gasteiger partial charge in [-0.25, -0.2) is 0 Å². The van der Waals surface area contributed by atoms with Crippen molar-refractivity contribution in [2.45, 2.75) is 51.4 Å². The van der Waals surface area contributed by atoms with Crippen LogP contribution in [0.3, 0.4) is 0 Å². The topological polar surface area (TPSA) is 54.9 Å². The van der Waals surface area contributed by atoms with Gasteiger partial charge in [-0.3, -0.25) is 14.7 Å². The number of likely N-dealkylation sites (tertiary alicyclic amines) is 1. The second kappa shape index (κ2) is 8.63. The smallest absolute Gasteiger partial charge is 0.225 e. The second-order valence-corrected chi connectivity index (χ2v) is 7.17. The lowest BCUT2D eigenvalue weighted by molar-refractivity contribution is -0.138. The Morgan fingerprint density at radius 2 is 2.00 bits per heavy atom. The maximum absolute atomic E-state index is 12.6. The first-order valence-electron chi connectivity index (χ1n) is 9.32. The van der Waals surface area contributed by atoms with Crippen molar-refractivity contribution in [3.63, 3.8) is 0 Å². The molecule has 1 aromatic rings. The maximum atomic E-state index is 12.6. The van der Waals surface area contributed by atoms with Crippen LogP contribution in [0.5, 0.6) is 5.75 Å². The van der Waals surface area contributed by atoms with E-state index in [-0.39, 0.29) is 18.1 Å². The van der Waals surface area contributed by atoms with Crippen LogP contribution in [-0.2, 0) is 9.53 Å². The van der Waals surface area contributed by atoms with Crippen LogP contribution >= 0.6 is 0 Å². The summed E-state index contributed by atoms with van der Waals surface area (Å²) >= 11 is 0. The normalized spacial score (nSPS) is 23.0. The SMILES string of the molecule is CC(C)N1CCO[C@H](CC(=O)N2CCC(Oc3ccncc3)CC2)C1. The molecule has 1 amide bonds. The van der Waals surface area contributed by atoms with E-state index >= 15 is 0 Å². The molecule has 2 aliphatic heterocycles. The van der Waals surface area contributed by atoms with Gasteiger partial charge in [0.2, 0.25) is 5.91 Å². The summed E-state index contributed by atoms with van der Waals surface area (Å²) in [4.78, 5) is 20.9. The zero-order chi connectivity index (χ0) is 17.6. The summed E-state index contributed by atoms with van der Waals surface area (Å²) in [6, 6.07) is 4.25. The van der Waals surface area contributed by atoms with E-state index < -0.39 is 0 Å². The largest absolute Gasteiger partial charge is 0.490 e. The van der Waals surface area contributed by atoms with E-state index in [1.165, 1.54) is 0 Å². The van der Waals surface area contributed by atoms with Gasteiger partial charge in [-0.1, -0.05) is 0 Å². The number of nitrogens with zero attached hydrogens (tertiary/aromatic N) is 3. The van der Waals surface area contributed by atoms with E-state index in [9.17, 15) is 4.79 Å². The van der Waals surface area contributed by atoms with E-state index in [0.29, 0.717) is 12.5 Å². The van der Waals surface area contributed by atoms with Crippen molar-refractivity contribution in [1.82, 2.24) is 14.8 Å². The van der Waals surface area contributed by atoms with E-state index in [4.69, 9.17) is 9.47 Å². The molecular formula is C19H29N3O3. The Hall–Kier alpha value is -1.66. The average Bonchev–Trinajstić information content (AvgIpc) is 2.63. The molecule has 1 aromatic heterocycles. The lowest BCUT2D eigenvalue weighted by Gasteiger charge is -2.37. The van der Waals surface area contributed by atoms with Crippen molar-refractivity contribution in [1.29, 1.82) is 0 Å². The van der Waals surface area contributed by atoms with Gasteiger partial charge in [0, 0.05) is 57.5 Å². The molecule has 1 atom stereocenters. The van der Waals surface area contributed by atoms with Crippen LogP contribution < -0.4 is 4.74 Å². The summed E-state index contributed by atoms with van der Waals surface area (Å²) in [5, 5.41) is 0. The molecule has 6 heteroatoms. The Kier molecular flexibility index (Phi) is 6.26. The Morgan fingerprint density at radius 3 is 2.68 bits per heavy atom. The number of amides is 1. The quantitative estimate of drug-likeness (QED) is 0.815. The highest BCUT2D eigenvalue weighted by molar-refractivity contribution is 5.76. The van der Waals surface area contributed by atoms with Crippen LogP contribution in [0.25, 0.3) is 0 Å². The van der Waals surface area contributed by atoms with Crippen LogP contribution in [0.15, 0.2) is 24.5 Å². The molecule has 2 aliphatic rings. The minimum Gasteiger partial charge on any atom is -0.490 e. The highest BCUT2D eigenvalue weighted by Gasteiger charge is 2.28. The summed E-state index contributed by atoms with van der Waals surface area (Å²) in [6.07, 6.45) is 5.90. The molecule has 2 fully saturated rings. The van der Waals surface area contributed by atoms with Crippen LogP contribution in [-0.4, -0.2) is 71.7 Å². The van der Waals surface area contributed by atoms with Gasteiger partial charge < -0.3 is 14.4 Å². The summed E-state index contributed by atoms with van der Waals surface area (Å²) in [7, 11) is 0. The highest BCUT2D eigenvalue weighted by Crippen LogP contribution is 2.20. The predicted molar refractivity (Wildman–Crippen MR) is 95.5 cm³/mol. The molecule has 0 aromatic carbocycles. The molecular weight excluding hydrogens is 318 g/mol. The van der Waals surface area contributed by atoms with Gasteiger partial charge in [-0.15, -0.1) is 0 Å². The fraction of sp³-hybridized carbons (Fsp3) is 0.684. The van der Waals surface area contributed by atoms with Gasteiger partial charge in [0.1, 0.15) is 11.9 Å². The first-order valence-corrected chi connectivity index (χ1v) is 9.32. The van der Waals surface area contributed by atoms with E-state index in [1.807, 2.05) is 17.0 Å². The molecule has 3 heterocycles. The first-order chi connectivity index (χ1) is 12.1. The number of hydrogen-bond acceptors (Lipinski definition) is 5. The average molecular weight is 347 g/mol. The summed E-state index contributed by atoms with van der Waals surface area (Å²) in [5.41, 5.74) is 0. The maximum Gasteiger partial charge on any atom is 0.225 e. The standard InChI is InChI=1S/C19H29N3O3/c1-15(2)22-11-12-24-18(14-22)13-19(23)21-9-5-17(6-10-21)25-16-3-7-20-8-4-16/h3-4,7-8,15,17-18H,5-6,9-14H2,1-2H3/t18-/m1/s1. The predicted octanol–water partition coefficient (Wildman–Crippen LogP) is 1.95. The number of morpholine rings is 1. The third kappa shape index (κ3) is 5.16. The van der Waals surface area contributed by atoms with Gasteiger partial charge in [0.25, 0.3) is 0 Å². The summed E-state index contributed by atoms with van der Waals surface area (Å²) in [5.74, 6) is 1.06. The van der Waals surface area contributed by atoms with Crippen LogP contribution in [0.2, 0.25) is 0 Å². The Balaban J connectivity index is 1.42. The number of rotatable bonds is 5. The lowest BCUT2D eigenvalue weighted by Crippen LogP contribution is -2.48.